The smallest absolute Gasteiger partial charge is 0.251 e. The summed E-state index contributed by atoms with van der Waals surface area (Å²) in [6.07, 6.45) is 3.09. The van der Waals surface area contributed by atoms with Gasteiger partial charge in [-0.1, -0.05) is 29.8 Å². The van der Waals surface area contributed by atoms with Crippen LogP contribution in [0.4, 0.5) is 0 Å². The predicted molar refractivity (Wildman–Crippen MR) is 113 cm³/mol. The van der Waals surface area contributed by atoms with Crippen LogP contribution in [0, 0.1) is 0 Å². The van der Waals surface area contributed by atoms with Crippen LogP contribution in [0.5, 0.6) is 17.2 Å². The maximum atomic E-state index is 12.5. The fourth-order valence-corrected chi connectivity index (χ4v) is 2.99. The summed E-state index contributed by atoms with van der Waals surface area (Å²) in [5.41, 5.74) is 1.80. The van der Waals surface area contributed by atoms with Crippen LogP contribution < -0.4 is 24.8 Å². The number of carbonyl (C=O) groups is 1. The summed E-state index contributed by atoms with van der Waals surface area (Å²) in [5.74, 6) is 1.84. The maximum absolute atomic E-state index is 12.5. The van der Waals surface area contributed by atoms with Gasteiger partial charge in [-0.15, -0.1) is 0 Å². The van der Waals surface area contributed by atoms with Gasteiger partial charge in [0.25, 0.3) is 5.91 Å². The molecule has 154 valence electrons. The first-order valence-electron chi connectivity index (χ1n) is 10.0. The number of amides is 1. The van der Waals surface area contributed by atoms with Gasteiger partial charge in [0, 0.05) is 18.7 Å². The highest BCUT2D eigenvalue weighted by Crippen LogP contribution is 2.28. The van der Waals surface area contributed by atoms with E-state index in [-0.39, 0.29) is 5.91 Å². The summed E-state index contributed by atoms with van der Waals surface area (Å²) in [5, 5.41) is 6.24. The van der Waals surface area contributed by atoms with Crippen molar-refractivity contribution in [2.75, 3.05) is 39.5 Å². The molecule has 1 aliphatic heterocycles. The normalized spacial score (nSPS) is 13.3. The number of rotatable bonds is 10. The summed E-state index contributed by atoms with van der Waals surface area (Å²) in [6, 6.07) is 14.8. The minimum atomic E-state index is -0.121. The Labute approximate surface area is 171 Å². The molecule has 29 heavy (non-hydrogen) atoms. The quantitative estimate of drug-likeness (QED) is 0.477. The summed E-state index contributed by atoms with van der Waals surface area (Å²) in [4.78, 5) is 12.5. The van der Waals surface area contributed by atoms with Gasteiger partial charge in [0.15, 0.2) is 11.5 Å². The standard InChI is InChI=1S/C23H28N2O4/c1-2-27-22-16-19(23(26)25-17-18-10-12-24-13-11-18)8-9-21(22)29-15-14-28-20-6-4-3-5-7-20/h3-10,16,24H,2,11-15,17H2,1H3,(H,25,26). The monoisotopic (exact) mass is 396 g/mol. The molecule has 0 aromatic heterocycles. The minimum absolute atomic E-state index is 0.121. The molecule has 1 amide bonds. The van der Waals surface area contributed by atoms with E-state index in [1.54, 1.807) is 18.2 Å². The van der Waals surface area contributed by atoms with Crippen LogP contribution in [0.15, 0.2) is 60.2 Å². The highest BCUT2D eigenvalue weighted by molar-refractivity contribution is 5.95. The van der Waals surface area contributed by atoms with Crippen LogP contribution in [0.3, 0.4) is 0 Å². The summed E-state index contributed by atoms with van der Waals surface area (Å²) in [7, 11) is 0. The van der Waals surface area contributed by atoms with Crippen molar-refractivity contribution in [3.05, 3.63) is 65.7 Å². The van der Waals surface area contributed by atoms with Gasteiger partial charge in [-0.05, 0) is 50.2 Å². The van der Waals surface area contributed by atoms with E-state index in [0.717, 1.165) is 25.3 Å². The van der Waals surface area contributed by atoms with Crippen molar-refractivity contribution < 1.29 is 19.0 Å². The SMILES string of the molecule is CCOc1cc(C(=O)NCC2=CCNCC2)ccc1OCCOc1ccccc1. The Hall–Kier alpha value is -2.99. The third-order valence-corrected chi connectivity index (χ3v) is 4.49. The molecule has 0 atom stereocenters. The fourth-order valence-electron chi connectivity index (χ4n) is 2.99. The Morgan fingerprint density at radius 1 is 1.03 bits per heavy atom. The van der Waals surface area contributed by atoms with E-state index >= 15 is 0 Å². The van der Waals surface area contributed by atoms with Gasteiger partial charge >= 0.3 is 0 Å². The molecular weight excluding hydrogens is 368 g/mol. The first-order chi connectivity index (χ1) is 14.3. The second kappa shape index (κ2) is 11.1. The molecule has 0 saturated carbocycles. The highest BCUT2D eigenvalue weighted by atomic mass is 16.5. The van der Waals surface area contributed by atoms with Gasteiger partial charge in [-0.25, -0.2) is 0 Å². The van der Waals surface area contributed by atoms with Crippen molar-refractivity contribution in [2.45, 2.75) is 13.3 Å². The Morgan fingerprint density at radius 2 is 1.86 bits per heavy atom. The van der Waals surface area contributed by atoms with E-state index < -0.39 is 0 Å². The number of carbonyl (C=O) groups excluding carboxylic acids is 1. The molecule has 6 nitrogen and oxygen atoms in total. The van der Waals surface area contributed by atoms with Crippen LogP contribution >= 0.6 is 0 Å². The third-order valence-electron chi connectivity index (χ3n) is 4.49. The molecule has 2 aromatic carbocycles. The molecule has 0 saturated heterocycles. The molecule has 2 aromatic rings. The van der Waals surface area contributed by atoms with Crippen molar-refractivity contribution in [3.8, 4) is 17.2 Å². The van der Waals surface area contributed by atoms with Crippen molar-refractivity contribution >= 4 is 5.91 Å². The van der Waals surface area contributed by atoms with Crippen molar-refractivity contribution in [2.24, 2.45) is 0 Å². The average molecular weight is 396 g/mol. The van der Waals surface area contributed by atoms with Gasteiger partial charge < -0.3 is 24.8 Å². The Balaban J connectivity index is 1.54. The number of para-hydroxylation sites is 1. The lowest BCUT2D eigenvalue weighted by Crippen LogP contribution is -2.29. The Bertz CT molecular complexity index is 821. The molecule has 0 fully saturated rings. The number of benzene rings is 2. The summed E-state index contributed by atoms with van der Waals surface area (Å²) in [6.45, 7) is 5.57. The Kier molecular flexibility index (Phi) is 7.95. The molecule has 6 heteroatoms. The molecule has 0 radical (unpaired) electrons. The van der Waals surface area contributed by atoms with Gasteiger partial charge in [0.05, 0.1) is 6.61 Å². The third kappa shape index (κ3) is 6.54. The Morgan fingerprint density at radius 3 is 2.62 bits per heavy atom. The predicted octanol–water partition coefficient (Wildman–Crippen LogP) is 3.19. The number of ether oxygens (including phenoxy) is 3. The average Bonchev–Trinajstić information content (AvgIpc) is 2.77. The molecule has 1 aliphatic rings. The minimum Gasteiger partial charge on any atom is -0.490 e. The molecule has 0 unspecified atom stereocenters. The van der Waals surface area contributed by atoms with Crippen LogP contribution in [0.2, 0.25) is 0 Å². The van der Waals surface area contributed by atoms with Gasteiger partial charge in [-0.2, -0.15) is 0 Å². The lowest BCUT2D eigenvalue weighted by Gasteiger charge is -2.16. The fraction of sp³-hybridized carbons (Fsp3) is 0.348. The van der Waals surface area contributed by atoms with Crippen molar-refractivity contribution in [1.82, 2.24) is 10.6 Å². The summed E-state index contributed by atoms with van der Waals surface area (Å²) >= 11 is 0. The van der Waals surface area contributed by atoms with Crippen LogP contribution in [0.25, 0.3) is 0 Å². The largest absolute Gasteiger partial charge is 0.490 e. The zero-order chi connectivity index (χ0) is 20.3. The second-order valence-corrected chi connectivity index (χ2v) is 6.60. The van der Waals surface area contributed by atoms with E-state index in [0.29, 0.717) is 43.4 Å². The first-order valence-corrected chi connectivity index (χ1v) is 10.0. The molecule has 2 N–H and O–H groups in total. The maximum Gasteiger partial charge on any atom is 0.251 e. The molecule has 0 spiro atoms. The first kappa shape index (κ1) is 20.7. The lowest BCUT2D eigenvalue weighted by atomic mass is 10.1. The van der Waals surface area contributed by atoms with Gasteiger partial charge in [0.1, 0.15) is 19.0 Å². The number of hydrogen-bond acceptors (Lipinski definition) is 5. The van der Waals surface area contributed by atoms with Crippen molar-refractivity contribution in [1.29, 1.82) is 0 Å². The number of nitrogens with one attached hydrogen (secondary N) is 2. The van der Waals surface area contributed by atoms with E-state index in [2.05, 4.69) is 16.7 Å². The van der Waals surface area contributed by atoms with Crippen LogP contribution in [0.1, 0.15) is 23.7 Å². The zero-order valence-corrected chi connectivity index (χ0v) is 16.8. The van der Waals surface area contributed by atoms with E-state index in [1.807, 2.05) is 37.3 Å². The van der Waals surface area contributed by atoms with E-state index in [4.69, 9.17) is 14.2 Å². The zero-order valence-electron chi connectivity index (χ0n) is 16.8. The lowest BCUT2D eigenvalue weighted by molar-refractivity contribution is 0.0956. The topological polar surface area (TPSA) is 68.8 Å². The number of hydrogen-bond donors (Lipinski definition) is 2. The van der Waals surface area contributed by atoms with Gasteiger partial charge in [-0.3, -0.25) is 4.79 Å². The van der Waals surface area contributed by atoms with E-state index in [1.165, 1.54) is 5.57 Å². The summed E-state index contributed by atoms with van der Waals surface area (Å²) < 4.78 is 17.1. The molecule has 0 bridgehead atoms. The highest BCUT2D eigenvalue weighted by Gasteiger charge is 2.13. The van der Waals surface area contributed by atoms with Gasteiger partial charge in [0.2, 0.25) is 0 Å². The van der Waals surface area contributed by atoms with Crippen LogP contribution in [-0.4, -0.2) is 45.4 Å². The van der Waals surface area contributed by atoms with Crippen molar-refractivity contribution in [3.63, 3.8) is 0 Å². The molecular formula is C23H28N2O4. The van der Waals surface area contributed by atoms with E-state index in [9.17, 15) is 4.79 Å². The van der Waals surface area contributed by atoms with Crippen LogP contribution in [-0.2, 0) is 0 Å². The molecule has 3 rings (SSSR count). The second-order valence-electron chi connectivity index (χ2n) is 6.60. The molecule has 0 aliphatic carbocycles. The molecule has 1 heterocycles.